The van der Waals surface area contributed by atoms with Gasteiger partial charge in [0, 0.05) is 45.7 Å². The van der Waals surface area contributed by atoms with E-state index < -0.39 is 11.8 Å². The first-order chi connectivity index (χ1) is 12.7. The topological polar surface area (TPSA) is 77.8 Å². The van der Waals surface area contributed by atoms with Crippen molar-refractivity contribution in [1.82, 2.24) is 15.3 Å². The van der Waals surface area contributed by atoms with Gasteiger partial charge in [-0.15, -0.1) is 0 Å². The first-order valence-corrected chi connectivity index (χ1v) is 8.29. The molecule has 0 saturated heterocycles. The molecule has 1 aromatic carbocycles. The van der Waals surface area contributed by atoms with Crippen molar-refractivity contribution in [3.05, 3.63) is 71.7 Å². The normalized spacial score (nSPS) is 14.7. The van der Waals surface area contributed by atoms with Gasteiger partial charge in [0.15, 0.2) is 0 Å². The molecule has 0 unspecified atom stereocenters. The molecule has 5 heteroatoms. The minimum Gasteiger partial charge on any atom is -0.361 e. The number of aromatic nitrogens is 2. The average Bonchev–Trinajstić information content (AvgIpc) is 3.30. The number of carbonyl (C=O) groups excluding carboxylic acids is 2. The van der Waals surface area contributed by atoms with Gasteiger partial charge in [-0.05, 0) is 19.1 Å². The summed E-state index contributed by atoms with van der Waals surface area (Å²) in [6.07, 6.45) is 9.01. The van der Waals surface area contributed by atoms with E-state index in [2.05, 4.69) is 21.9 Å². The lowest BCUT2D eigenvalue weighted by Crippen LogP contribution is -2.22. The Hall–Kier alpha value is -3.60. The van der Waals surface area contributed by atoms with Crippen molar-refractivity contribution in [2.24, 2.45) is 0 Å². The third-order valence-electron chi connectivity index (χ3n) is 4.55. The minimum absolute atomic E-state index is 0.363. The van der Waals surface area contributed by atoms with Gasteiger partial charge in [0.05, 0.1) is 11.1 Å². The van der Waals surface area contributed by atoms with Gasteiger partial charge < -0.3 is 9.97 Å². The number of H-pyrrole nitrogens is 2. The van der Waals surface area contributed by atoms with Crippen LogP contribution in [0.25, 0.3) is 34.2 Å². The largest absolute Gasteiger partial charge is 0.361 e. The Morgan fingerprint density at radius 2 is 1.65 bits per heavy atom. The number of para-hydroxylation sites is 1. The first kappa shape index (κ1) is 15.9. The average molecular weight is 343 g/mol. The van der Waals surface area contributed by atoms with Crippen LogP contribution in [-0.2, 0) is 9.59 Å². The second kappa shape index (κ2) is 6.04. The molecule has 4 rings (SSSR count). The van der Waals surface area contributed by atoms with Crippen LogP contribution in [0.15, 0.2) is 49.3 Å². The molecule has 2 aromatic heterocycles. The van der Waals surface area contributed by atoms with Gasteiger partial charge >= 0.3 is 0 Å². The van der Waals surface area contributed by atoms with E-state index in [0.717, 1.165) is 22.2 Å². The lowest BCUT2D eigenvalue weighted by molar-refractivity contribution is -0.122. The van der Waals surface area contributed by atoms with E-state index in [4.69, 9.17) is 0 Å². The molecule has 3 aromatic rings. The standard InChI is InChI=1S/C21H17N3O2/c1-3-7-16-12(4-2)14(10-22-16)18-19(21(26)24-20(18)25)15-11-23-17-9-6-5-8-13(15)17/h3-11,22-23H,2H2,1H3,(H,24,25,26)/b7-3-. The Balaban J connectivity index is 2.02. The fourth-order valence-electron chi connectivity index (χ4n) is 3.43. The smallest absolute Gasteiger partial charge is 0.259 e. The second-order valence-electron chi connectivity index (χ2n) is 6.02. The zero-order chi connectivity index (χ0) is 18.3. The number of rotatable bonds is 4. The predicted molar refractivity (Wildman–Crippen MR) is 104 cm³/mol. The fraction of sp³-hybridized carbons (Fsp3) is 0.0476. The highest BCUT2D eigenvalue weighted by Crippen LogP contribution is 2.37. The van der Waals surface area contributed by atoms with Crippen LogP contribution in [0, 0.1) is 0 Å². The molecule has 0 saturated carbocycles. The monoisotopic (exact) mass is 343 g/mol. The highest BCUT2D eigenvalue weighted by atomic mass is 16.2. The summed E-state index contributed by atoms with van der Waals surface area (Å²) >= 11 is 0. The third kappa shape index (κ3) is 2.25. The maximum Gasteiger partial charge on any atom is 0.259 e. The fourth-order valence-corrected chi connectivity index (χ4v) is 3.43. The van der Waals surface area contributed by atoms with Gasteiger partial charge in [0.1, 0.15) is 0 Å². The van der Waals surface area contributed by atoms with Gasteiger partial charge in [-0.25, -0.2) is 0 Å². The van der Waals surface area contributed by atoms with Gasteiger partial charge in [-0.2, -0.15) is 0 Å². The molecule has 128 valence electrons. The minimum atomic E-state index is -0.399. The van der Waals surface area contributed by atoms with Gasteiger partial charge in [0.25, 0.3) is 11.8 Å². The van der Waals surface area contributed by atoms with E-state index in [1.165, 1.54) is 0 Å². The maximum atomic E-state index is 12.6. The van der Waals surface area contributed by atoms with Crippen LogP contribution in [0.3, 0.4) is 0 Å². The summed E-state index contributed by atoms with van der Waals surface area (Å²) in [7, 11) is 0. The van der Waals surface area contributed by atoms with Gasteiger partial charge in [0.2, 0.25) is 0 Å². The number of imide groups is 1. The highest BCUT2D eigenvalue weighted by molar-refractivity contribution is 6.50. The summed E-state index contributed by atoms with van der Waals surface area (Å²) in [6.45, 7) is 5.77. The molecule has 1 aliphatic rings. The van der Waals surface area contributed by atoms with Crippen molar-refractivity contribution < 1.29 is 9.59 Å². The van der Waals surface area contributed by atoms with Gasteiger partial charge in [-0.3, -0.25) is 14.9 Å². The Bertz CT molecular complexity index is 1130. The molecule has 3 N–H and O–H groups in total. The van der Waals surface area contributed by atoms with Crippen LogP contribution >= 0.6 is 0 Å². The number of aromatic amines is 2. The maximum absolute atomic E-state index is 12.6. The Kier molecular flexibility index (Phi) is 3.69. The van der Waals surface area contributed by atoms with Crippen LogP contribution < -0.4 is 5.32 Å². The molecule has 0 bridgehead atoms. The number of amides is 2. The lowest BCUT2D eigenvalue weighted by Gasteiger charge is -2.04. The number of hydrogen-bond acceptors (Lipinski definition) is 2. The molecule has 0 aliphatic carbocycles. The molecule has 0 fully saturated rings. The first-order valence-electron chi connectivity index (χ1n) is 8.29. The number of hydrogen-bond donors (Lipinski definition) is 3. The number of nitrogens with one attached hydrogen (secondary N) is 3. The number of fused-ring (bicyclic) bond motifs is 1. The van der Waals surface area contributed by atoms with Crippen LogP contribution in [-0.4, -0.2) is 21.8 Å². The summed E-state index contributed by atoms with van der Waals surface area (Å²) in [5.41, 5.74) is 4.66. The molecule has 3 heterocycles. The summed E-state index contributed by atoms with van der Waals surface area (Å²) in [5.74, 6) is -0.789. The number of carbonyl (C=O) groups is 2. The summed E-state index contributed by atoms with van der Waals surface area (Å²) in [5, 5.41) is 3.33. The van der Waals surface area contributed by atoms with Crippen LogP contribution in [0.1, 0.15) is 29.3 Å². The molecular weight excluding hydrogens is 326 g/mol. The molecule has 5 nitrogen and oxygen atoms in total. The summed E-state index contributed by atoms with van der Waals surface area (Å²) < 4.78 is 0. The summed E-state index contributed by atoms with van der Waals surface area (Å²) in [6, 6.07) is 7.69. The lowest BCUT2D eigenvalue weighted by atomic mass is 9.94. The van der Waals surface area contributed by atoms with Crippen molar-refractivity contribution in [2.75, 3.05) is 0 Å². The van der Waals surface area contributed by atoms with Crippen molar-refractivity contribution >= 4 is 46.0 Å². The van der Waals surface area contributed by atoms with E-state index >= 15 is 0 Å². The van der Waals surface area contributed by atoms with E-state index in [-0.39, 0.29) is 0 Å². The van der Waals surface area contributed by atoms with Crippen LogP contribution in [0.2, 0.25) is 0 Å². The van der Waals surface area contributed by atoms with Gasteiger partial charge in [-0.1, -0.05) is 36.9 Å². The Morgan fingerprint density at radius 1 is 0.962 bits per heavy atom. The molecule has 0 radical (unpaired) electrons. The van der Waals surface area contributed by atoms with Crippen LogP contribution in [0.5, 0.6) is 0 Å². The molecule has 0 atom stereocenters. The van der Waals surface area contributed by atoms with Crippen molar-refractivity contribution in [1.29, 1.82) is 0 Å². The van der Waals surface area contributed by atoms with E-state index in [0.29, 0.717) is 22.3 Å². The van der Waals surface area contributed by atoms with E-state index in [1.54, 1.807) is 18.5 Å². The SMILES string of the molecule is C=Cc1c(C2=C(c3c[nH]c4ccccc34)C(=O)NC2=O)c[nH]c1/C=C\C. The molecule has 26 heavy (non-hydrogen) atoms. The van der Waals surface area contributed by atoms with E-state index in [9.17, 15) is 9.59 Å². The predicted octanol–water partition coefficient (Wildman–Crippen LogP) is 3.74. The van der Waals surface area contributed by atoms with Crippen molar-refractivity contribution in [2.45, 2.75) is 6.92 Å². The quantitative estimate of drug-likeness (QED) is 0.631. The summed E-state index contributed by atoms with van der Waals surface area (Å²) in [4.78, 5) is 31.5. The number of benzene rings is 1. The zero-order valence-electron chi connectivity index (χ0n) is 14.2. The third-order valence-corrected chi connectivity index (χ3v) is 4.55. The Morgan fingerprint density at radius 3 is 2.38 bits per heavy atom. The molecular formula is C21H17N3O2. The Labute approximate surface area is 150 Å². The van der Waals surface area contributed by atoms with Crippen molar-refractivity contribution in [3.63, 3.8) is 0 Å². The molecule has 2 amide bonds. The number of allylic oxidation sites excluding steroid dienone is 1. The van der Waals surface area contributed by atoms with Crippen molar-refractivity contribution in [3.8, 4) is 0 Å². The molecule has 0 spiro atoms. The second-order valence-corrected chi connectivity index (χ2v) is 6.02. The molecule has 1 aliphatic heterocycles. The highest BCUT2D eigenvalue weighted by Gasteiger charge is 2.34. The zero-order valence-corrected chi connectivity index (χ0v) is 14.2. The van der Waals surface area contributed by atoms with E-state index in [1.807, 2.05) is 43.3 Å². The van der Waals surface area contributed by atoms with Crippen LogP contribution in [0.4, 0.5) is 0 Å².